The van der Waals surface area contributed by atoms with Gasteiger partial charge < -0.3 is 0 Å². The van der Waals surface area contributed by atoms with E-state index in [9.17, 15) is 0 Å². The minimum Gasteiger partial charge on any atom is -0.255 e. The minimum atomic E-state index is 0.473. The van der Waals surface area contributed by atoms with Crippen LogP contribution in [-0.4, -0.2) is 9.97 Å². The molecule has 3 aliphatic carbocycles. The summed E-state index contributed by atoms with van der Waals surface area (Å²) in [6.45, 7) is 4.81. The summed E-state index contributed by atoms with van der Waals surface area (Å²) in [6, 6.07) is 8.25. The summed E-state index contributed by atoms with van der Waals surface area (Å²) in [7, 11) is 0. The molecule has 2 heterocycles. The van der Waals surface area contributed by atoms with Crippen LogP contribution in [0.25, 0.3) is 11.4 Å². The number of nitrogens with zero attached hydrogens (tertiary/aromatic N) is 2. The maximum atomic E-state index is 4.64. The van der Waals surface area contributed by atoms with Gasteiger partial charge in [-0.05, 0) is 59.4 Å². The van der Waals surface area contributed by atoms with Gasteiger partial charge in [-0.1, -0.05) is 19.9 Å². The van der Waals surface area contributed by atoms with Crippen LogP contribution in [0, 0.1) is 11.3 Å². The fraction of sp³-hybridized carbons (Fsp3) is 0.412. The molecule has 1 fully saturated rings. The van der Waals surface area contributed by atoms with Gasteiger partial charge in [0.15, 0.2) is 0 Å². The fourth-order valence-electron chi connectivity index (χ4n) is 3.81. The van der Waals surface area contributed by atoms with Crippen LogP contribution < -0.4 is 0 Å². The summed E-state index contributed by atoms with van der Waals surface area (Å²) >= 11 is 0. The van der Waals surface area contributed by atoms with Crippen molar-refractivity contribution in [2.75, 3.05) is 0 Å². The zero-order valence-corrected chi connectivity index (χ0v) is 11.4. The topological polar surface area (TPSA) is 25.8 Å². The van der Waals surface area contributed by atoms with E-state index in [-0.39, 0.29) is 0 Å². The van der Waals surface area contributed by atoms with Crippen molar-refractivity contribution in [3.63, 3.8) is 0 Å². The van der Waals surface area contributed by atoms with E-state index in [0.29, 0.717) is 11.3 Å². The van der Waals surface area contributed by atoms with Crippen molar-refractivity contribution >= 4 is 0 Å². The molecule has 0 aromatic carbocycles. The molecule has 0 N–H and O–H groups in total. The van der Waals surface area contributed by atoms with Crippen LogP contribution in [0.15, 0.2) is 36.7 Å². The van der Waals surface area contributed by atoms with Crippen LogP contribution in [-0.2, 0) is 6.42 Å². The van der Waals surface area contributed by atoms with E-state index >= 15 is 0 Å². The maximum Gasteiger partial charge on any atom is 0.0889 e. The van der Waals surface area contributed by atoms with Gasteiger partial charge in [-0.2, -0.15) is 0 Å². The molecule has 2 nitrogen and oxygen atoms in total. The minimum absolute atomic E-state index is 0.473. The maximum absolute atomic E-state index is 4.64. The summed E-state index contributed by atoms with van der Waals surface area (Å²) in [5.41, 5.74) is 5.44. The molecule has 2 atom stereocenters. The Hall–Kier alpha value is -1.70. The van der Waals surface area contributed by atoms with Crippen molar-refractivity contribution in [1.29, 1.82) is 0 Å². The Balaban J connectivity index is 1.78. The molecule has 0 spiro atoms. The van der Waals surface area contributed by atoms with Gasteiger partial charge in [0.1, 0.15) is 0 Å². The molecule has 0 amide bonds. The van der Waals surface area contributed by atoms with Crippen molar-refractivity contribution in [1.82, 2.24) is 9.97 Å². The normalized spacial score (nSPS) is 26.4. The zero-order chi connectivity index (χ0) is 13.0. The largest absolute Gasteiger partial charge is 0.255 e. The summed E-state index contributed by atoms with van der Waals surface area (Å²) in [5.74, 6) is 1.57. The Kier molecular flexibility index (Phi) is 2.15. The van der Waals surface area contributed by atoms with Gasteiger partial charge in [0.05, 0.1) is 11.4 Å². The van der Waals surface area contributed by atoms with Crippen molar-refractivity contribution in [2.45, 2.75) is 32.6 Å². The molecule has 2 aromatic heterocycles. The first-order chi connectivity index (χ1) is 9.16. The second kappa shape index (κ2) is 3.66. The van der Waals surface area contributed by atoms with E-state index in [2.05, 4.69) is 36.1 Å². The summed E-state index contributed by atoms with van der Waals surface area (Å²) in [4.78, 5) is 9.03. The monoisotopic (exact) mass is 250 g/mol. The quantitative estimate of drug-likeness (QED) is 0.768. The van der Waals surface area contributed by atoms with E-state index < -0.39 is 0 Å². The molecular weight excluding hydrogens is 232 g/mol. The third-order valence-electron chi connectivity index (χ3n) is 5.26. The highest BCUT2D eigenvalue weighted by atomic mass is 14.8. The molecule has 1 unspecified atom stereocenters. The highest BCUT2D eigenvalue weighted by Gasteiger charge is 2.52. The second-order valence-electron chi connectivity index (χ2n) is 6.49. The van der Waals surface area contributed by atoms with Crippen molar-refractivity contribution < 1.29 is 0 Å². The van der Waals surface area contributed by atoms with Crippen LogP contribution in [0.2, 0.25) is 0 Å². The number of hydrogen-bond acceptors (Lipinski definition) is 2. The molecule has 2 aromatic rings. The third-order valence-corrected chi connectivity index (χ3v) is 5.26. The van der Waals surface area contributed by atoms with Gasteiger partial charge in [-0.25, -0.2) is 0 Å². The Bertz CT molecular complexity index is 631. The second-order valence-corrected chi connectivity index (χ2v) is 6.49. The van der Waals surface area contributed by atoms with E-state index in [0.717, 1.165) is 17.3 Å². The lowest BCUT2D eigenvalue weighted by Gasteiger charge is -2.57. The molecule has 2 heteroatoms. The molecule has 5 rings (SSSR count). The van der Waals surface area contributed by atoms with Gasteiger partial charge in [0.2, 0.25) is 0 Å². The molecule has 3 aliphatic rings. The number of aromatic nitrogens is 2. The van der Waals surface area contributed by atoms with Gasteiger partial charge in [-0.3, -0.25) is 9.97 Å². The number of pyridine rings is 2. The summed E-state index contributed by atoms with van der Waals surface area (Å²) in [5, 5.41) is 0. The van der Waals surface area contributed by atoms with Crippen LogP contribution in [0.4, 0.5) is 0 Å². The first-order valence-corrected chi connectivity index (χ1v) is 7.06. The first-order valence-electron chi connectivity index (χ1n) is 7.06. The van der Waals surface area contributed by atoms with Gasteiger partial charge in [-0.15, -0.1) is 0 Å². The number of hydrogen-bond donors (Lipinski definition) is 0. The summed E-state index contributed by atoms with van der Waals surface area (Å²) < 4.78 is 0. The smallest absolute Gasteiger partial charge is 0.0889 e. The van der Waals surface area contributed by atoms with Crippen molar-refractivity contribution in [3.8, 4) is 11.4 Å². The van der Waals surface area contributed by atoms with E-state index in [1.54, 1.807) is 0 Å². The van der Waals surface area contributed by atoms with Gasteiger partial charge in [0, 0.05) is 12.4 Å². The molecule has 0 radical (unpaired) electrons. The molecule has 0 aliphatic heterocycles. The lowest BCUT2D eigenvalue weighted by molar-refractivity contribution is 0.0183. The average molecular weight is 250 g/mol. The molecule has 1 saturated carbocycles. The predicted octanol–water partition coefficient (Wildman–Crippen LogP) is 3.83. The molecular formula is C17H18N2. The van der Waals surface area contributed by atoms with Crippen LogP contribution in [0.5, 0.6) is 0 Å². The Labute approximate surface area is 113 Å². The molecule has 19 heavy (non-hydrogen) atoms. The molecule has 0 saturated heterocycles. The SMILES string of the molecule is CC1(C)C2C[C@@H]1Cc1cc(-c3ccccn3)ncc12. The van der Waals surface area contributed by atoms with Crippen molar-refractivity contribution in [3.05, 3.63) is 47.8 Å². The predicted molar refractivity (Wildman–Crippen MR) is 75.8 cm³/mol. The standard InChI is InChI=1S/C17H18N2/c1-17(2)12-7-11-8-16(15-5-3-4-6-18-15)19-10-13(11)14(17)9-12/h3-6,8,10,12,14H,7,9H2,1-2H3/t12-,14?/m0/s1. The van der Waals surface area contributed by atoms with Crippen molar-refractivity contribution in [2.24, 2.45) is 11.3 Å². The van der Waals surface area contributed by atoms with E-state index in [1.807, 2.05) is 24.4 Å². The Morgan fingerprint density at radius 1 is 1.16 bits per heavy atom. The first kappa shape index (κ1) is 11.2. The van der Waals surface area contributed by atoms with E-state index in [1.165, 1.54) is 24.0 Å². The average Bonchev–Trinajstić information content (AvgIpc) is 2.46. The summed E-state index contributed by atoms with van der Waals surface area (Å²) in [6.07, 6.45) is 6.49. The van der Waals surface area contributed by atoms with Crippen LogP contribution in [0.3, 0.4) is 0 Å². The highest BCUT2D eigenvalue weighted by Crippen LogP contribution is 2.62. The van der Waals surface area contributed by atoms with Crippen LogP contribution >= 0.6 is 0 Å². The third kappa shape index (κ3) is 1.49. The Morgan fingerprint density at radius 2 is 2.05 bits per heavy atom. The number of rotatable bonds is 1. The molecule has 2 bridgehead atoms. The lowest BCUT2D eigenvalue weighted by Crippen LogP contribution is -2.48. The fourth-order valence-corrected chi connectivity index (χ4v) is 3.81. The highest BCUT2D eigenvalue weighted by molar-refractivity contribution is 5.56. The molecule has 96 valence electrons. The zero-order valence-electron chi connectivity index (χ0n) is 11.4. The lowest BCUT2D eigenvalue weighted by atomic mass is 9.47. The van der Waals surface area contributed by atoms with E-state index in [4.69, 9.17) is 0 Å². The van der Waals surface area contributed by atoms with Gasteiger partial charge in [0.25, 0.3) is 0 Å². The van der Waals surface area contributed by atoms with Crippen LogP contribution in [0.1, 0.15) is 37.3 Å². The Morgan fingerprint density at radius 3 is 2.79 bits per heavy atom. The van der Waals surface area contributed by atoms with Gasteiger partial charge >= 0.3 is 0 Å².